The van der Waals surface area contributed by atoms with E-state index in [9.17, 15) is 9.59 Å². The van der Waals surface area contributed by atoms with Gasteiger partial charge in [-0.1, -0.05) is 24.3 Å². The summed E-state index contributed by atoms with van der Waals surface area (Å²) in [6.45, 7) is 2.95. The minimum atomic E-state index is -0.219. The molecule has 164 valence electrons. The topological polar surface area (TPSA) is 59.1 Å². The fourth-order valence-corrected chi connectivity index (χ4v) is 5.02. The minimum Gasteiger partial charge on any atom is -0.497 e. The number of likely N-dealkylation sites (tertiary alicyclic amines) is 1. The van der Waals surface area contributed by atoms with Crippen molar-refractivity contribution >= 4 is 11.8 Å². The van der Waals surface area contributed by atoms with Crippen molar-refractivity contribution in [3.63, 3.8) is 0 Å². The van der Waals surface area contributed by atoms with Crippen LogP contribution in [0.2, 0.25) is 0 Å². The summed E-state index contributed by atoms with van der Waals surface area (Å²) in [5, 5.41) is 0. The minimum absolute atomic E-state index is 0.0136. The first-order valence-corrected chi connectivity index (χ1v) is 10.9. The molecule has 0 bridgehead atoms. The smallest absolute Gasteiger partial charge is 0.225 e. The molecule has 2 aromatic rings. The molecule has 2 aliphatic rings. The van der Waals surface area contributed by atoms with Crippen molar-refractivity contribution in [3.05, 3.63) is 59.2 Å². The molecule has 1 fully saturated rings. The standard InChI is InChI=1S/C25H30N2O4/c1-17(28)26-14-12-18-7-4-5-8-20(18)23(26)16-25(29)27-13-6-9-22(27)21-15-19(30-2)10-11-24(21)31-3/h4-5,7-8,10-11,15,22-23H,6,9,12-14,16H2,1-3H3. The molecule has 0 radical (unpaired) electrons. The first-order chi connectivity index (χ1) is 15.0. The Hall–Kier alpha value is -3.02. The Labute approximate surface area is 183 Å². The van der Waals surface area contributed by atoms with Crippen LogP contribution in [0.1, 0.15) is 55.0 Å². The molecule has 0 spiro atoms. The number of amides is 2. The van der Waals surface area contributed by atoms with Crippen LogP contribution >= 0.6 is 0 Å². The van der Waals surface area contributed by atoms with Crippen LogP contribution in [0, 0.1) is 0 Å². The van der Waals surface area contributed by atoms with Crippen LogP contribution in [-0.4, -0.2) is 48.9 Å². The zero-order chi connectivity index (χ0) is 22.0. The van der Waals surface area contributed by atoms with E-state index in [1.807, 2.05) is 40.1 Å². The first kappa shape index (κ1) is 21.2. The fourth-order valence-electron chi connectivity index (χ4n) is 5.02. The summed E-state index contributed by atoms with van der Waals surface area (Å²) in [4.78, 5) is 29.7. The third-order valence-electron chi connectivity index (χ3n) is 6.55. The monoisotopic (exact) mass is 422 g/mol. The van der Waals surface area contributed by atoms with Gasteiger partial charge in [0, 0.05) is 25.6 Å². The van der Waals surface area contributed by atoms with E-state index in [2.05, 4.69) is 12.1 Å². The predicted molar refractivity (Wildman–Crippen MR) is 118 cm³/mol. The van der Waals surface area contributed by atoms with Crippen LogP contribution in [0.5, 0.6) is 11.5 Å². The van der Waals surface area contributed by atoms with Crippen molar-refractivity contribution < 1.29 is 19.1 Å². The Morgan fingerprint density at radius 1 is 1.00 bits per heavy atom. The highest BCUT2D eigenvalue weighted by Gasteiger charge is 2.36. The lowest BCUT2D eigenvalue weighted by molar-refractivity contribution is -0.137. The van der Waals surface area contributed by atoms with Crippen molar-refractivity contribution in [2.24, 2.45) is 0 Å². The van der Waals surface area contributed by atoms with Crippen molar-refractivity contribution in [3.8, 4) is 11.5 Å². The summed E-state index contributed by atoms with van der Waals surface area (Å²) >= 11 is 0. The second-order valence-electron chi connectivity index (χ2n) is 8.23. The molecule has 2 heterocycles. The van der Waals surface area contributed by atoms with Crippen LogP contribution in [0.15, 0.2) is 42.5 Å². The highest BCUT2D eigenvalue weighted by Crippen LogP contribution is 2.40. The molecular formula is C25H30N2O4. The number of nitrogens with zero attached hydrogens (tertiary/aromatic N) is 2. The SMILES string of the molecule is COc1ccc(OC)c(C2CCCN2C(=O)CC2c3ccccc3CCN2C(C)=O)c1. The van der Waals surface area contributed by atoms with Gasteiger partial charge < -0.3 is 19.3 Å². The maximum absolute atomic E-state index is 13.5. The summed E-state index contributed by atoms with van der Waals surface area (Å²) in [6, 6.07) is 13.6. The number of fused-ring (bicyclic) bond motifs is 1. The summed E-state index contributed by atoms with van der Waals surface area (Å²) in [7, 11) is 3.29. The van der Waals surface area contributed by atoms with Crippen LogP contribution < -0.4 is 9.47 Å². The quantitative estimate of drug-likeness (QED) is 0.733. The van der Waals surface area contributed by atoms with Gasteiger partial charge in [0.05, 0.1) is 32.7 Å². The molecule has 31 heavy (non-hydrogen) atoms. The Morgan fingerprint density at radius 3 is 2.55 bits per heavy atom. The molecule has 0 saturated carbocycles. The van der Waals surface area contributed by atoms with Crippen molar-refractivity contribution in [2.45, 2.75) is 44.7 Å². The number of ether oxygens (including phenoxy) is 2. The molecular weight excluding hydrogens is 392 g/mol. The second-order valence-corrected chi connectivity index (χ2v) is 8.23. The molecule has 6 heteroatoms. The summed E-state index contributed by atoms with van der Waals surface area (Å²) in [5.74, 6) is 1.60. The largest absolute Gasteiger partial charge is 0.497 e. The van der Waals surface area contributed by atoms with E-state index in [4.69, 9.17) is 9.47 Å². The maximum Gasteiger partial charge on any atom is 0.225 e. The first-order valence-electron chi connectivity index (χ1n) is 10.9. The summed E-state index contributed by atoms with van der Waals surface area (Å²) in [5.41, 5.74) is 3.29. The number of methoxy groups -OCH3 is 2. The molecule has 6 nitrogen and oxygen atoms in total. The van der Waals surface area contributed by atoms with E-state index in [0.29, 0.717) is 19.5 Å². The van der Waals surface area contributed by atoms with Gasteiger partial charge in [-0.25, -0.2) is 0 Å². The van der Waals surface area contributed by atoms with E-state index in [-0.39, 0.29) is 23.9 Å². The maximum atomic E-state index is 13.5. The van der Waals surface area contributed by atoms with Gasteiger partial charge in [0.1, 0.15) is 11.5 Å². The Morgan fingerprint density at radius 2 is 1.81 bits per heavy atom. The third-order valence-corrected chi connectivity index (χ3v) is 6.55. The molecule has 4 rings (SSSR count). The van der Waals surface area contributed by atoms with E-state index in [0.717, 1.165) is 41.9 Å². The van der Waals surface area contributed by atoms with Gasteiger partial charge in [-0.2, -0.15) is 0 Å². The molecule has 0 N–H and O–H groups in total. The molecule has 2 aliphatic heterocycles. The van der Waals surface area contributed by atoms with Gasteiger partial charge in [-0.05, 0) is 48.6 Å². The molecule has 2 amide bonds. The zero-order valence-corrected chi connectivity index (χ0v) is 18.5. The van der Waals surface area contributed by atoms with Gasteiger partial charge in [0.2, 0.25) is 11.8 Å². The van der Waals surface area contributed by atoms with E-state index in [1.54, 1.807) is 21.1 Å². The van der Waals surface area contributed by atoms with Gasteiger partial charge in [0.25, 0.3) is 0 Å². The number of rotatable bonds is 5. The van der Waals surface area contributed by atoms with E-state index in [1.165, 1.54) is 5.56 Å². The Bertz CT molecular complexity index is 974. The Kier molecular flexibility index (Phi) is 6.16. The molecule has 1 saturated heterocycles. The summed E-state index contributed by atoms with van der Waals surface area (Å²) < 4.78 is 11.0. The normalized spacial score (nSPS) is 20.4. The third kappa shape index (κ3) is 4.11. The van der Waals surface area contributed by atoms with Gasteiger partial charge in [-0.15, -0.1) is 0 Å². The molecule has 2 unspecified atom stereocenters. The Balaban J connectivity index is 1.61. The fraction of sp³-hybridized carbons (Fsp3) is 0.440. The van der Waals surface area contributed by atoms with Crippen LogP contribution in [0.4, 0.5) is 0 Å². The highest BCUT2D eigenvalue weighted by atomic mass is 16.5. The molecule has 2 aromatic carbocycles. The van der Waals surface area contributed by atoms with Gasteiger partial charge in [-0.3, -0.25) is 9.59 Å². The highest BCUT2D eigenvalue weighted by molar-refractivity contribution is 5.80. The van der Waals surface area contributed by atoms with Crippen molar-refractivity contribution in [2.75, 3.05) is 27.3 Å². The number of benzene rings is 2. The van der Waals surface area contributed by atoms with Crippen molar-refractivity contribution in [1.29, 1.82) is 0 Å². The lowest BCUT2D eigenvalue weighted by Gasteiger charge is -2.38. The van der Waals surface area contributed by atoms with Crippen molar-refractivity contribution in [1.82, 2.24) is 9.80 Å². The lowest BCUT2D eigenvalue weighted by Crippen LogP contribution is -2.42. The average molecular weight is 423 g/mol. The molecule has 2 atom stereocenters. The van der Waals surface area contributed by atoms with E-state index >= 15 is 0 Å². The predicted octanol–water partition coefficient (Wildman–Crippen LogP) is 3.90. The lowest BCUT2D eigenvalue weighted by atomic mass is 9.90. The van der Waals surface area contributed by atoms with Crippen LogP contribution in [-0.2, 0) is 16.0 Å². The second kappa shape index (κ2) is 9.00. The van der Waals surface area contributed by atoms with E-state index < -0.39 is 0 Å². The zero-order valence-electron chi connectivity index (χ0n) is 18.5. The summed E-state index contributed by atoms with van der Waals surface area (Å²) in [6.07, 6.45) is 2.94. The molecule has 0 aromatic heterocycles. The average Bonchev–Trinajstić information content (AvgIpc) is 3.28. The molecule has 0 aliphatic carbocycles. The number of hydrogen-bond donors (Lipinski definition) is 0. The number of hydrogen-bond acceptors (Lipinski definition) is 4. The van der Waals surface area contributed by atoms with Crippen LogP contribution in [0.25, 0.3) is 0 Å². The van der Waals surface area contributed by atoms with Gasteiger partial charge in [0.15, 0.2) is 0 Å². The van der Waals surface area contributed by atoms with Crippen LogP contribution in [0.3, 0.4) is 0 Å². The van der Waals surface area contributed by atoms with Gasteiger partial charge >= 0.3 is 0 Å². The number of carbonyl (C=O) groups excluding carboxylic acids is 2. The number of carbonyl (C=O) groups is 2.